The second kappa shape index (κ2) is 4.26. The molecule has 0 aromatic carbocycles. The van der Waals surface area contributed by atoms with E-state index in [-0.39, 0.29) is 12.8 Å². The highest BCUT2D eigenvalue weighted by Gasteiger charge is 2.06. The number of hydrogen-bond donors (Lipinski definition) is 3. The van der Waals surface area contributed by atoms with Crippen LogP contribution in [0.25, 0.3) is 0 Å². The molecule has 0 rings (SSSR count). The van der Waals surface area contributed by atoms with Crippen LogP contribution in [0.3, 0.4) is 0 Å². The first kappa shape index (κ1) is 9.41. The van der Waals surface area contributed by atoms with Crippen LogP contribution < -0.4 is 11.1 Å². The number of nitrogens with two attached hydrogens (primary N) is 1. The Morgan fingerprint density at radius 1 is 1.27 bits per heavy atom. The summed E-state index contributed by atoms with van der Waals surface area (Å²) in [5.41, 5.74) is 4.71. The third kappa shape index (κ3) is 6.29. The molecule has 11 heavy (non-hydrogen) atoms. The fourth-order valence-corrected chi connectivity index (χ4v) is 0.418. The van der Waals surface area contributed by atoms with Crippen molar-refractivity contribution in [3.8, 4) is 0 Å². The van der Waals surface area contributed by atoms with Gasteiger partial charge in [0.05, 0.1) is 0 Å². The Morgan fingerprint density at radius 2 is 1.82 bits per heavy atom. The van der Waals surface area contributed by atoms with Crippen molar-refractivity contribution in [1.82, 2.24) is 5.32 Å². The van der Waals surface area contributed by atoms with E-state index in [1.807, 2.05) is 0 Å². The Hall–Kier alpha value is -1.59. The quantitative estimate of drug-likeness (QED) is 0.494. The number of carboxylic acid groups (broad SMARTS) is 1. The van der Waals surface area contributed by atoms with E-state index in [1.165, 1.54) is 0 Å². The van der Waals surface area contributed by atoms with Gasteiger partial charge in [-0.05, 0) is 0 Å². The zero-order valence-corrected chi connectivity index (χ0v) is 5.66. The van der Waals surface area contributed by atoms with Crippen LogP contribution in [0, 0.1) is 0 Å². The fourth-order valence-electron chi connectivity index (χ4n) is 0.418. The van der Waals surface area contributed by atoms with Crippen LogP contribution >= 0.6 is 0 Å². The van der Waals surface area contributed by atoms with Gasteiger partial charge in [-0.2, -0.15) is 0 Å². The SMILES string of the molecule is NC(=O)CCC(=O)NC(=O)O. The van der Waals surface area contributed by atoms with Gasteiger partial charge < -0.3 is 10.8 Å². The van der Waals surface area contributed by atoms with E-state index in [2.05, 4.69) is 0 Å². The van der Waals surface area contributed by atoms with E-state index in [4.69, 9.17) is 10.8 Å². The predicted octanol–water partition coefficient (Wildman–Crippen LogP) is -0.954. The van der Waals surface area contributed by atoms with E-state index >= 15 is 0 Å². The van der Waals surface area contributed by atoms with Crippen molar-refractivity contribution in [1.29, 1.82) is 0 Å². The van der Waals surface area contributed by atoms with Crippen LogP contribution in [0.1, 0.15) is 12.8 Å². The maximum Gasteiger partial charge on any atom is 0.411 e. The molecule has 0 unspecified atom stereocenters. The summed E-state index contributed by atoms with van der Waals surface area (Å²) in [6.45, 7) is 0. The minimum atomic E-state index is -1.43. The van der Waals surface area contributed by atoms with Gasteiger partial charge in [-0.3, -0.25) is 14.9 Å². The summed E-state index contributed by atoms with van der Waals surface area (Å²) >= 11 is 0. The van der Waals surface area contributed by atoms with Gasteiger partial charge in [0.25, 0.3) is 0 Å². The minimum absolute atomic E-state index is 0.140. The lowest BCUT2D eigenvalue weighted by molar-refractivity contribution is -0.124. The molecular weight excluding hydrogens is 152 g/mol. The highest BCUT2D eigenvalue weighted by molar-refractivity contribution is 5.92. The third-order valence-electron chi connectivity index (χ3n) is 0.845. The normalized spacial score (nSPS) is 8.73. The second-order valence-electron chi connectivity index (χ2n) is 1.82. The molecule has 0 aliphatic heterocycles. The zero-order chi connectivity index (χ0) is 8.85. The van der Waals surface area contributed by atoms with Gasteiger partial charge >= 0.3 is 6.09 Å². The standard InChI is InChI=1S/C5H8N2O4/c6-3(8)1-2-4(9)7-5(10)11/h1-2H2,(H2,6,8)(H,7,9)(H,10,11). The lowest BCUT2D eigenvalue weighted by Crippen LogP contribution is -2.29. The summed E-state index contributed by atoms with van der Waals surface area (Å²) in [7, 11) is 0. The molecule has 0 saturated heterocycles. The fraction of sp³-hybridized carbons (Fsp3) is 0.400. The second-order valence-corrected chi connectivity index (χ2v) is 1.82. The van der Waals surface area contributed by atoms with E-state index in [9.17, 15) is 14.4 Å². The molecule has 3 amide bonds. The van der Waals surface area contributed by atoms with Crippen molar-refractivity contribution in [3.63, 3.8) is 0 Å². The minimum Gasteiger partial charge on any atom is -0.465 e. The number of primary amides is 1. The Labute approximate surface area is 62.4 Å². The van der Waals surface area contributed by atoms with Crippen LogP contribution in [-0.2, 0) is 9.59 Å². The van der Waals surface area contributed by atoms with Gasteiger partial charge in [-0.15, -0.1) is 0 Å². The van der Waals surface area contributed by atoms with Gasteiger partial charge in [0.1, 0.15) is 0 Å². The molecule has 4 N–H and O–H groups in total. The van der Waals surface area contributed by atoms with Crippen LogP contribution in [0.4, 0.5) is 4.79 Å². The number of rotatable bonds is 3. The summed E-state index contributed by atoms with van der Waals surface area (Å²) in [5.74, 6) is -1.36. The molecule has 62 valence electrons. The Bertz CT molecular complexity index is 189. The van der Waals surface area contributed by atoms with Crippen LogP contribution in [0.5, 0.6) is 0 Å². The van der Waals surface area contributed by atoms with Crippen molar-refractivity contribution in [2.75, 3.05) is 0 Å². The zero-order valence-electron chi connectivity index (χ0n) is 5.66. The first-order valence-electron chi connectivity index (χ1n) is 2.83. The molecule has 0 radical (unpaired) electrons. The van der Waals surface area contributed by atoms with E-state index in [0.29, 0.717) is 0 Å². The number of nitrogens with one attached hydrogen (secondary N) is 1. The molecule has 0 spiro atoms. The molecule has 0 bridgehead atoms. The molecule has 0 aromatic heterocycles. The molecule has 0 heterocycles. The van der Waals surface area contributed by atoms with E-state index < -0.39 is 17.9 Å². The predicted molar refractivity (Wildman–Crippen MR) is 34.6 cm³/mol. The number of hydrogen-bond acceptors (Lipinski definition) is 3. The lowest BCUT2D eigenvalue weighted by atomic mass is 10.3. The summed E-state index contributed by atoms with van der Waals surface area (Å²) in [6, 6.07) is 0. The van der Waals surface area contributed by atoms with Crippen LogP contribution in [0.15, 0.2) is 0 Å². The summed E-state index contributed by atoms with van der Waals surface area (Å²) in [5, 5.41) is 9.57. The summed E-state index contributed by atoms with van der Waals surface area (Å²) < 4.78 is 0. The van der Waals surface area contributed by atoms with Gasteiger partial charge in [-0.25, -0.2) is 4.79 Å². The van der Waals surface area contributed by atoms with Crippen LogP contribution in [-0.4, -0.2) is 23.0 Å². The Morgan fingerprint density at radius 3 is 2.18 bits per heavy atom. The monoisotopic (exact) mass is 160 g/mol. The molecule has 6 nitrogen and oxygen atoms in total. The third-order valence-corrected chi connectivity index (χ3v) is 0.845. The Kier molecular flexibility index (Phi) is 3.65. The number of amides is 3. The molecule has 6 heteroatoms. The van der Waals surface area contributed by atoms with Gasteiger partial charge in [0.2, 0.25) is 11.8 Å². The van der Waals surface area contributed by atoms with Crippen molar-refractivity contribution >= 4 is 17.9 Å². The lowest BCUT2D eigenvalue weighted by Gasteiger charge is -1.95. The largest absolute Gasteiger partial charge is 0.465 e. The van der Waals surface area contributed by atoms with E-state index in [0.717, 1.165) is 0 Å². The van der Waals surface area contributed by atoms with Crippen molar-refractivity contribution < 1.29 is 19.5 Å². The number of carbonyl (C=O) groups is 3. The number of imide groups is 1. The van der Waals surface area contributed by atoms with Crippen LogP contribution in [0.2, 0.25) is 0 Å². The molecule has 0 aromatic rings. The molecule has 0 saturated carbocycles. The summed E-state index contributed by atoms with van der Waals surface area (Å²) in [6.07, 6.45) is -1.76. The van der Waals surface area contributed by atoms with Gasteiger partial charge in [-0.1, -0.05) is 0 Å². The van der Waals surface area contributed by atoms with Crippen molar-refractivity contribution in [2.24, 2.45) is 5.73 Å². The molecule has 0 fully saturated rings. The maximum absolute atomic E-state index is 10.5. The van der Waals surface area contributed by atoms with Crippen molar-refractivity contribution in [3.05, 3.63) is 0 Å². The maximum atomic E-state index is 10.5. The highest BCUT2D eigenvalue weighted by Crippen LogP contribution is 1.86. The Balaban J connectivity index is 3.53. The highest BCUT2D eigenvalue weighted by atomic mass is 16.4. The van der Waals surface area contributed by atoms with E-state index in [1.54, 1.807) is 5.32 Å². The molecular formula is C5H8N2O4. The van der Waals surface area contributed by atoms with Gasteiger partial charge in [0.15, 0.2) is 0 Å². The molecule has 0 aliphatic carbocycles. The van der Waals surface area contributed by atoms with Crippen molar-refractivity contribution in [2.45, 2.75) is 12.8 Å². The topological polar surface area (TPSA) is 109 Å². The molecule has 0 atom stereocenters. The summed E-state index contributed by atoms with van der Waals surface area (Å²) in [4.78, 5) is 30.3. The van der Waals surface area contributed by atoms with Gasteiger partial charge in [0, 0.05) is 12.8 Å². The first-order valence-corrected chi connectivity index (χ1v) is 2.83. The average molecular weight is 160 g/mol. The smallest absolute Gasteiger partial charge is 0.411 e. The number of carbonyl (C=O) groups excluding carboxylic acids is 2. The molecule has 0 aliphatic rings. The average Bonchev–Trinajstić information content (AvgIpc) is 1.82. The first-order chi connectivity index (χ1) is 5.02.